The first-order valence-electron chi connectivity index (χ1n) is 4.37. The van der Waals surface area contributed by atoms with Crippen molar-refractivity contribution in [1.29, 1.82) is 0 Å². The van der Waals surface area contributed by atoms with Crippen LogP contribution >= 0.6 is 11.8 Å². The lowest BCUT2D eigenvalue weighted by Gasteiger charge is -2.21. The molecule has 0 atom stereocenters. The van der Waals surface area contributed by atoms with Gasteiger partial charge in [0.15, 0.2) is 0 Å². The predicted octanol–water partition coefficient (Wildman–Crippen LogP) is 3.20. The number of thioether (sulfide) groups is 1. The van der Waals surface area contributed by atoms with E-state index in [1.165, 1.54) is 4.90 Å². The Morgan fingerprint density at radius 3 is 2.38 bits per heavy atom. The maximum atomic E-state index is 5.34. The van der Waals surface area contributed by atoms with Crippen LogP contribution in [-0.2, 0) is 4.74 Å². The highest BCUT2D eigenvalue weighted by atomic mass is 32.2. The molecule has 0 radical (unpaired) electrons. The number of hydrogen-bond acceptors (Lipinski definition) is 2. The van der Waals surface area contributed by atoms with Gasteiger partial charge in [0, 0.05) is 17.8 Å². The molecule has 2 heteroatoms. The van der Waals surface area contributed by atoms with Crippen LogP contribution in [0.15, 0.2) is 35.2 Å². The van der Waals surface area contributed by atoms with Crippen molar-refractivity contribution in [3.05, 3.63) is 30.3 Å². The minimum atomic E-state index is -0.0412. The molecule has 0 spiro atoms. The number of hydrogen-bond donors (Lipinski definition) is 0. The average Bonchev–Trinajstić information content (AvgIpc) is 2.17. The van der Waals surface area contributed by atoms with E-state index in [-0.39, 0.29) is 5.60 Å². The van der Waals surface area contributed by atoms with Crippen LogP contribution in [0.1, 0.15) is 13.8 Å². The Morgan fingerprint density at radius 2 is 1.85 bits per heavy atom. The Bertz CT molecular complexity index is 244. The average molecular weight is 196 g/mol. The maximum Gasteiger partial charge on any atom is 0.0716 e. The van der Waals surface area contributed by atoms with Gasteiger partial charge in [-0.2, -0.15) is 0 Å². The lowest BCUT2D eigenvalue weighted by atomic mass is 10.2. The molecule has 0 saturated carbocycles. The lowest BCUT2D eigenvalue weighted by Crippen LogP contribution is -2.25. The van der Waals surface area contributed by atoms with Gasteiger partial charge in [0.1, 0.15) is 0 Å². The molecule has 1 rings (SSSR count). The molecule has 13 heavy (non-hydrogen) atoms. The second-order valence-electron chi connectivity index (χ2n) is 3.57. The zero-order valence-electron chi connectivity index (χ0n) is 8.41. The summed E-state index contributed by atoms with van der Waals surface area (Å²) in [5.41, 5.74) is -0.0412. The molecule has 0 saturated heterocycles. The van der Waals surface area contributed by atoms with Crippen LogP contribution in [-0.4, -0.2) is 18.5 Å². The Balaban J connectivity index is 2.44. The van der Waals surface area contributed by atoms with Crippen molar-refractivity contribution >= 4 is 11.8 Å². The first-order valence-corrected chi connectivity index (χ1v) is 5.36. The first-order chi connectivity index (χ1) is 6.14. The van der Waals surface area contributed by atoms with Gasteiger partial charge in [0.25, 0.3) is 0 Å². The van der Waals surface area contributed by atoms with E-state index in [0.717, 1.165) is 5.75 Å². The molecule has 1 aromatic rings. The van der Waals surface area contributed by atoms with Crippen LogP contribution in [0.5, 0.6) is 0 Å². The molecule has 0 aliphatic rings. The summed E-state index contributed by atoms with van der Waals surface area (Å²) in [4.78, 5) is 1.30. The monoisotopic (exact) mass is 196 g/mol. The van der Waals surface area contributed by atoms with Crippen molar-refractivity contribution in [3.8, 4) is 0 Å². The smallest absolute Gasteiger partial charge is 0.0716 e. The first kappa shape index (κ1) is 10.6. The molecule has 0 unspecified atom stereocenters. The fraction of sp³-hybridized carbons (Fsp3) is 0.455. The summed E-state index contributed by atoms with van der Waals surface area (Å²) >= 11 is 1.83. The molecule has 1 nitrogen and oxygen atoms in total. The standard InChI is InChI=1S/C11H16OS/c1-11(2,12-3)9-13-10-7-5-4-6-8-10/h4-8H,9H2,1-3H3. The summed E-state index contributed by atoms with van der Waals surface area (Å²) in [6.07, 6.45) is 0. The van der Waals surface area contributed by atoms with Crippen LogP contribution in [0.25, 0.3) is 0 Å². The third-order valence-corrected chi connectivity index (χ3v) is 3.33. The van der Waals surface area contributed by atoms with Crippen molar-refractivity contribution in [3.63, 3.8) is 0 Å². The van der Waals surface area contributed by atoms with E-state index in [9.17, 15) is 0 Å². The minimum absolute atomic E-state index is 0.0412. The summed E-state index contributed by atoms with van der Waals surface area (Å²) in [6.45, 7) is 4.20. The molecule has 72 valence electrons. The summed E-state index contributed by atoms with van der Waals surface area (Å²) in [5, 5.41) is 0. The van der Waals surface area contributed by atoms with Crippen LogP contribution in [0, 0.1) is 0 Å². The molecular weight excluding hydrogens is 180 g/mol. The van der Waals surface area contributed by atoms with Crippen molar-refractivity contribution in [2.75, 3.05) is 12.9 Å². The molecule has 0 amide bonds. The van der Waals surface area contributed by atoms with Crippen molar-refractivity contribution in [1.82, 2.24) is 0 Å². The zero-order valence-corrected chi connectivity index (χ0v) is 9.23. The minimum Gasteiger partial charge on any atom is -0.378 e. The van der Waals surface area contributed by atoms with Gasteiger partial charge >= 0.3 is 0 Å². The van der Waals surface area contributed by atoms with Crippen LogP contribution in [0.2, 0.25) is 0 Å². The van der Waals surface area contributed by atoms with E-state index in [1.54, 1.807) is 7.11 Å². The summed E-state index contributed by atoms with van der Waals surface area (Å²) in [6, 6.07) is 10.4. The highest BCUT2D eigenvalue weighted by Crippen LogP contribution is 2.23. The molecule has 0 heterocycles. The quantitative estimate of drug-likeness (QED) is 0.684. The van der Waals surface area contributed by atoms with E-state index in [4.69, 9.17) is 4.74 Å². The van der Waals surface area contributed by atoms with Gasteiger partial charge < -0.3 is 4.74 Å². The van der Waals surface area contributed by atoms with Gasteiger partial charge in [-0.25, -0.2) is 0 Å². The summed E-state index contributed by atoms with van der Waals surface area (Å²) in [5.74, 6) is 0.980. The third kappa shape index (κ3) is 3.83. The van der Waals surface area contributed by atoms with Crippen molar-refractivity contribution in [2.45, 2.75) is 24.3 Å². The fourth-order valence-electron chi connectivity index (χ4n) is 0.833. The number of methoxy groups -OCH3 is 1. The zero-order chi connectivity index (χ0) is 9.73. The number of rotatable bonds is 4. The Hall–Kier alpha value is -0.470. The van der Waals surface area contributed by atoms with Crippen molar-refractivity contribution < 1.29 is 4.74 Å². The Labute approximate surface area is 84.5 Å². The van der Waals surface area contributed by atoms with E-state index in [2.05, 4.69) is 38.1 Å². The van der Waals surface area contributed by atoms with E-state index in [1.807, 2.05) is 17.8 Å². The summed E-state index contributed by atoms with van der Waals surface area (Å²) in [7, 11) is 1.76. The molecule has 0 N–H and O–H groups in total. The molecule has 0 fully saturated rings. The van der Waals surface area contributed by atoms with Crippen LogP contribution < -0.4 is 0 Å². The van der Waals surface area contributed by atoms with Crippen molar-refractivity contribution in [2.24, 2.45) is 0 Å². The number of ether oxygens (including phenoxy) is 1. The van der Waals surface area contributed by atoms with Gasteiger partial charge in [-0.3, -0.25) is 0 Å². The lowest BCUT2D eigenvalue weighted by molar-refractivity contribution is 0.0440. The van der Waals surface area contributed by atoms with E-state index in [0.29, 0.717) is 0 Å². The van der Waals surface area contributed by atoms with Crippen LogP contribution in [0.4, 0.5) is 0 Å². The fourth-order valence-corrected chi connectivity index (χ4v) is 1.81. The SMILES string of the molecule is COC(C)(C)CSc1ccccc1. The van der Waals surface area contributed by atoms with Gasteiger partial charge in [-0.05, 0) is 26.0 Å². The molecule has 1 aromatic carbocycles. The van der Waals surface area contributed by atoms with Gasteiger partial charge in [0.2, 0.25) is 0 Å². The second-order valence-corrected chi connectivity index (χ2v) is 4.61. The highest BCUT2D eigenvalue weighted by molar-refractivity contribution is 7.99. The normalized spacial score (nSPS) is 11.6. The van der Waals surface area contributed by atoms with E-state index >= 15 is 0 Å². The molecule has 0 aromatic heterocycles. The third-order valence-electron chi connectivity index (χ3n) is 1.88. The van der Waals surface area contributed by atoms with Crippen LogP contribution in [0.3, 0.4) is 0 Å². The molecule has 0 aliphatic heterocycles. The molecule has 0 bridgehead atoms. The molecule has 0 aliphatic carbocycles. The second kappa shape index (κ2) is 4.68. The molecular formula is C11H16OS. The Kier molecular flexibility index (Phi) is 3.82. The maximum absolute atomic E-state index is 5.34. The predicted molar refractivity (Wildman–Crippen MR) is 58.3 cm³/mol. The summed E-state index contributed by atoms with van der Waals surface area (Å²) < 4.78 is 5.34. The topological polar surface area (TPSA) is 9.23 Å². The van der Waals surface area contributed by atoms with Gasteiger partial charge in [-0.1, -0.05) is 18.2 Å². The van der Waals surface area contributed by atoms with E-state index < -0.39 is 0 Å². The Morgan fingerprint density at radius 1 is 1.23 bits per heavy atom. The number of benzene rings is 1. The van der Waals surface area contributed by atoms with Gasteiger partial charge in [0.05, 0.1) is 5.60 Å². The largest absolute Gasteiger partial charge is 0.378 e. The van der Waals surface area contributed by atoms with Gasteiger partial charge in [-0.15, -0.1) is 11.8 Å². The highest BCUT2D eigenvalue weighted by Gasteiger charge is 2.15.